The van der Waals surface area contributed by atoms with Crippen molar-refractivity contribution in [3.05, 3.63) is 82.3 Å². The summed E-state index contributed by atoms with van der Waals surface area (Å²) in [5.74, 6) is -0.736. The largest absolute Gasteiger partial charge is 0.388 e. The van der Waals surface area contributed by atoms with Crippen molar-refractivity contribution < 1.29 is 18.3 Å². The van der Waals surface area contributed by atoms with Gasteiger partial charge in [-0.3, -0.25) is 9.10 Å². The third-order valence-electron chi connectivity index (χ3n) is 5.43. The van der Waals surface area contributed by atoms with E-state index in [1.807, 2.05) is 35.7 Å². The number of aromatic nitrogens is 1. The molecule has 8 heteroatoms. The number of aliphatic hydroxyl groups excluding tert-OH is 1. The molecule has 0 spiro atoms. The lowest BCUT2D eigenvalue weighted by Gasteiger charge is -2.24. The highest BCUT2D eigenvalue weighted by Crippen LogP contribution is 2.31. The summed E-state index contributed by atoms with van der Waals surface area (Å²) >= 11 is 1.56. The maximum atomic E-state index is 12.7. The molecule has 1 aliphatic rings. The smallest absolute Gasteiger partial charge is 0.243 e. The average Bonchev–Trinajstić information content (AvgIpc) is 3.34. The molecule has 0 radical (unpaired) electrons. The van der Waals surface area contributed by atoms with Crippen LogP contribution in [0.5, 0.6) is 0 Å². The molecule has 6 nitrogen and oxygen atoms in total. The minimum absolute atomic E-state index is 0.271. The number of rotatable bonds is 8. The Bertz CT molecular complexity index is 1110. The summed E-state index contributed by atoms with van der Waals surface area (Å²) in [5.41, 5.74) is 2.18. The molecule has 0 aliphatic carbocycles. The van der Waals surface area contributed by atoms with E-state index in [2.05, 4.69) is 4.98 Å². The van der Waals surface area contributed by atoms with Gasteiger partial charge in [-0.25, -0.2) is 13.4 Å². The molecular weight excluding hydrogens is 432 g/mol. The number of benzene rings is 2. The molecule has 1 aliphatic heterocycles. The lowest BCUT2D eigenvalue weighted by molar-refractivity contribution is -0.117. The fourth-order valence-electron chi connectivity index (χ4n) is 3.91. The molecule has 2 aromatic carbocycles. The van der Waals surface area contributed by atoms with Crippen molar-refractivity contribution in [2.24, 2.45) is 0 Å². The van der Waals surface area contributed by atoms with E-state index < -0.39 is 27.9 Å². The van der Waals surface area contributed by atoms with Gasteiger partial charge in [0.15, 0.2) is 5.78 Å². The Kier molecular flexibility index (Phi) is 6.50. The van der Waals surface area contributed by atoms with E-state index in [1.165, 1.54) is 4.31 Å². The molecule has 1 aromatic heterocycles. The lowest BCUT2D eigenvalue weighted by atomic mass is 10.0. The Morgan fingerprint density at radius 2 is 1.87 bits per heavy atom. The molecule has 1 saturated heterocycles. The quantitative estimate of drug-likeness (QED) is 0.560. The van der Waals surface area contributed by atoms with Crippen LogP contribution in [0, 0.1) is 0 Å². The SMILES string of the molecule is O=C1CS(=O)(=O)N(c2ccc(C(O)Cc3ccccc3)cc2)C1CCCc1nccs1. The molecule has 1 fully saturated rings. The Balaban J connectivity index is 1.48. The molecule has 4 rings (SSSR count). The summed E-state index contributed by atoms with van der Waals surface area (Å²) in [6.07, 6.45) is 3.38. The van der Waals surface area contributed by atoms with E-state index in [1.54, 1.807) is 41.8 Å². The number of aliphatic hydroxyl groups is 1. The van der Waals surface area contributed by atoms with Crippen molar-refractivity contribution in [3.63, 3.8) is 0 Å². The number of carbonyl (C=O) groups excluding carboxylic acids is 1. The first-order chi connectivity index (χ1) is 14.9. The minimum atomic E-state index is -3.70. The molecule has 0 amide bonds. The number of hydrogen-bond acceptors (Lipinski definition) is 6. The van der Waals surface area contributed by atoms with E-state index in [0.717, 1.165) is 17.0 Å². The molecular formula is C23H24N2O4S2. The molecule has 162 valence electrons. The number of aryl methyl sites for hydroxylation is 1. The van der Waals surface area contributed by atoms with Gasteiger partial charge in [0.2, 0.25) is 10.0 Å². The first kappa shape index (κ1) is 21.7. The van der Waals surface area contributed by atoms with Gasteiger partial charge in [0, 0.05) is 18.0 Å². The van der Waals surface area contributed by atoms with Crippen LogP contribution in [0.2, 0.25) is 0 Å². The highest BCUT2D eigenvalue weighted by Gasteiger charge is 2.43. The van der Waals surface area contributed by atoms with Crippen LogP contribution in [0.25, 0.3) is 0 Å². The van der Waals surface area contributed by atoms with Gasteiger partial charge in [-0.05, 0) is 42.5 Å². The third-order valence-corrected chi connectivity index (χ3v) is 7.99. The van der Waals surface area contributed by atoms with Gasteiger partial charge in [0.25, 0.3) is 0 Å². The third kappa shape index (κ3) is 5.03. The number of nitrogens with zero attached hydrogens (tertiary/aromatic N) is 2. The van der Waals surface area contributed by atoms with Gasteiger partial charge in [0.05, 0.1) is 16.8 Å². The number of ketones is 1. The average molecular weight is 457 g/mol. The zero-order valence-corrected chi connectivity index (χ0v) is 18.6. The first-order valence-electron chi connectivity index (χ1n) is 10.2. The second-order valence-electron chi connectivity index (χ2n) is 7.65. The van der Waals surface area contributed by atoms with Gasteiger partial charge >= 0.3 is 0 Å². The topological polar surface area (TPSA) is 87.6 Å². The fourth-order valence-corrected chi connectivity index (χ4v) is 6.32. The van der Waals surface area contributed by atoms with Crippen LogP contribution in [-0.4, -0.2) is 36.1 Å². The molecule has 2 atom stereocenters. The van der Waals surface area contributed by atoms with Gasteiger partial charge < -0.3 is 5.11 Å². The summed E-state index contributed by atoms with van der Waals surface area (Å²) in [7, 11) is -3.70. The summed E-state index contributed by atoms with van der Waals surface area (Å²) < 4.78 is 26.6. The zero-order valence-electron chi connectivity index (χ0n) is 16.9. The van der Waals surface area contributed by atoms with E-state index in [-0.39, 0.29) is 5.78 Å². The second-order valence-corrected chi connectivity index (χ2v) is 10.5. The maximum absolute atomic E-state index is 12.7. The van der Waals surface area contributed by atoms with E-state index in [4.69, 9.17) is 0 Å². The second kappa shape index (κ2) is 9.30. The van der Waals surface area contributed by atoms with Crippen LogP contribution in [0.15, 0.2) is 66.2 Å². The summed E-state index contributed by atoms with van der Waals surface area (Å²) in [4.78, 5) is 16.7. The van der Waals surface area contributed by atoms with Crippen LogP contribution >= 0.6 is 11.3 Å². The summed E-state index contributed by atoms with van der Waals surface area (Å²) in [6.45, 7) is 0. The standard InChI is InChI=1S/C23H24N2O4S2/c26-21(15-17-5-2-1-3-6-17)18-9-11-19(12-10-18)25-20(22(27)16-31(25,28)29)7-4-8-23-24-13-14-30-23/h1-3,5-6,9-14,20-21,26H,4,7-8,15-16H2. The van der Waals surface area contributed by atoms with Crippen LogP contribution < -0.4 is 4.31 Å². The number of anilines is 1. The van der Waals surface area contributed by atoms with Gasteiger partial charge in [0.1, 0.15) is 11.8 Å². The number of hydrogen-bond donors (Lipinski definition) is 1. The fraction of sp³-hybridized carbons (Fsp3) is 0.304. The Hall–Kier alpha value is -2.55. The molecule has 1 N–H and O–H groups in total. The molecule has 31 heavy (non-hydrogen) atoms. The Labute approximate surface area is 186 Å². The number of Topliss-reactive ketones (excluding diaryl/α,β-unsaturated/α-hetero) is 1. The van der Waals surface area contributed by atoms with Gasteiger partial charge in [-0.2, -0.15) is 0 Å². The number of thiazole rings is 1. The molecule has 0 bridgehead atoms. The van der Waals surface area contributed by atoms with Crippen LogP contribution in [0.1, 0.15) is 35.1 Å². The minimum Gasteiger partial charge on any atom is -0.388 e. The van der Waals surface area contributed by atoms with E-state index >= 15 is 0 Å². The van der Waals surface area contributed by atoms with Gasteiger partial charge in [-0.1, -0.05) is 42.5 Å². The maximum Gasteiger partial charge on any atom is 0.243 e. The van der Waals surface area contributed by atoms with Crippen molar-refractivity contribution in [1.82, 2.24) is 4.98 Å². The molecule has 2 heterocycles. The first-order valence-corrected chi connectivity index (χ1v) is 12.7. The summed E-state index contributed by atoms with van der Waals surface area (Å²) in [5, 5.41) is 13.4. The molecule has 3 aromatic rings. The highest BCUT2D eigenvalue weighted by atomic mass is 32.2. The molecule has 2 unspecified atom stereocenters. The zero-order chi connectivity index (χ0) is 21.8. The van der Waals surface area contributed by atoms with E-state index in [9.17, 15) is 18.3 Å². The normalized spacial score (nSPS) is 18.9. The van der Waals surface area contributed by atoms with E-state index in [0.29, 0.717) is 30.5 Å². The number of sulfonamides is 1. The van der Waals surface area contributed by atoms with Crippen LogP contribution in [-0.2, 0) is 27.7 Å². The van der Waals surface area contributed by atoms with Crippen LogP contribution in [0.3, 0.4) is 0 Å². The van der Waals surface area contributed by atoms with Crippen molar-refractivity contribution in [3.8, 4) is 0 Å². The van der Waals surface area contributed by atoms with Crippen molar-refractivity contribution in [2.45, 2.75) is 37.8 Å². The monoisotopic (exact) mass is 456 g/mol. The van der Waals surface area contributed by atoms with Gasteiger partial charge in [-0.15, -0.1) is 11.3 Å². The predicted molar refractivity (Wildman–Crippen MR) is 122 cm³/mol. The predicted octanol–water partition coefficient (Wildman–Crippen LogP) is 3.53. The summed E-state index contributed by atoms with van der Waals surface area (Å²) in [6, 6.07) is 15.8. The molecule has 0 saturated carbocycles. The van der Waals surface area contributed by atoms with Crippen LogP contribution in [0.4, 0.5) is 5.69 Å². The Morgan fingerprint density at radius 1 is 1.13 bits per heavy atom. The van der Waals surface area contributed by atoms with Crippen molar-refractivity contribution in [1.29, 1.82) is 0 Å². The number of carbonyl (C=O) groups is 1. The van der Waals surface area contributed by atoms with Crippen molar-refractivity contribution in [2.75, 3.05) is 10.1 Å². The Morgan fingerprint density at radius 3 is 2.55 bits per heavy atom. The highest BCUT2D eigenvalue weighted by molar-refractivity contribution is 7.94. The lowest BCUT2D eigenvalue weighted by Crippen LogP contribution is -2.35. The van der Waals surface area contributed by atoms with Crippen molar-refractivity contribution >= 4 is 32.8 Å².